The number of benzene rings is 3. The Balaban J connectivity index is 0.000000210. The predicted octanol–water partition coefficient (Wildman–Crippen LogP) is 5.24. The molecular formula is C39H41BrN4O13. The third-order valence-electron chi connectivity index (χ3n) is 9.36. The number of carbonyl (C=O) groups excluding carboxylic acids is 7. The van der Waals surface area contributed by atoms with Gasteiger partial charge in [0, 0.05) is 48.0 Å². The van der Waals surface area contributed by atoms with Gasteiger partial charge in [0.15, 0.2) is 11.6 Å². The van der Waals surface area contributed by atoms with Gasteiger partial charge in [0.05, 0.1) is 65.7 Å². The van der Waals surface area contributed by atoms with E-state index in [1.54, 1.807) is 4.90 Å². The van der Waals surface area contributed by atoms with Gasteiger partial charge in [-0.25, -0.2) is 9.59 Å². The van der Waals surface area contributed by atoms with Crippen LogP contribution in [0.1, 0.15) is 91.9 Å². The topological polar surface area (TPSA) is 253 Å². The van der Waals surface area contributed by atoms with Crippen molar-refractivity contribution in [2.24, 2.45) is 5.73 Å². The molecule has 18 heteroatoms. The van der Waals surface area contributed by atoms with Gasteiger partial charge in [0.1, 0.15) is 11.6 Å². The Labute approximate surface area is 335 Å². The summed E-state index contributed by atoms with van der Waals surface area (Å²) < 4.78 is 9.02. The molecule has 2 aliphatic carbocycles. The fourth-order valence-corrected chi connectivity index (χ4v) is 6.77. The molecule has 2 saturated carbocycles. The van der Waals surface area contributed by atoms with Crippen LogP contribution >= 0.6 is 15.9 Å². The van der Waals surface area contributed by atoms with Crippen LogP contribution in [0.3, 0.4) is 0 Å². The number of carbonyl (C=O) groups is 7. The van der Waals surface area contributed by atoms with E-state index >= 15 is 0 Å². The summed E-state index contributed by atoms with van der Waals surface area (Å²) in [5.41, 5.74) is 9.05. The molecule has 57 heavy (non-hydrogen) atoms. The molecule has 0 radical (unpaired) electrons. The first-order valence-electron chi connectivity index (χ1n) is 17.4. The fourth-order valence-electron chi connectivity index (χ4n) is 6.18. The van der Waals surface area contributed by atoms with E-state index in [9.17, 15) is 53.8 Å². The zero-order chi connectivity index (χ0) is 42.6. The van der Waals surface area contributed by atoms with E-state index in [0.717, 1.165) is 11.1 Å². The monoisotopic (exact) mass is 852 g/mol. The largest absolute Gasteiger partial charge is 0.465 e. The van der Waals surface area contributed by atoms with Crippen molar-refractivity contribution in [3.8, 4) is 0 Å². The lowest BCUT2D eigenvalue weighted by atomic mass is 9.92. The number of methoxy groups -OCH3 is 2. The molecule has 6 rings (SSSR count). The number of halogens is 1. The number of hydrogen-bond donors (Lipinski definition) is 1. The number of hydrogen-bond acceptors (Lipinski definition) is 14. The van der Waals surface area contributed by atoms with Crippen LogP contribution in [-0.2, 0) is 40.5 Å². The third-order valence-corrected chi connectivity index (χ3v) is 9.92. The van der Waals surface area contributed by atoms with Crippen molar-refractivity contribution >= 4 is 68.3 Å². The maximum absolute atomic E-state index is 12.4. The molecule has 0 aromatic heterocycles. The molecule has 0 spiro atoms. The maximum Gasteiger partial charge on any atom is 0.338 e. The number of nitrogens with zero attached hydrogens (tertiary/aromatic N) is 3. The molecule has 2 N–H and O–H groups in total. The lowest BCUT2D eigenvalue weighted by Crippen LogP contribution is -2.44. The smallest absolute Gasteiger partial charge is 0.338 e. The summed E-state index contributed by atoms with van der Waals surface area (Å²) in [6.45, 7) is 3.98. The summed E-state index contributed by atoms with van der Waals surface area (Å²) in [5.74, 6) is -1.42. The van der Waals surface area contributed by atoms with Crippen molar-refractivity contribution in [2.75, 3.05) is 14.2 Å². The van der Waals surface area contributed by atoms with Crippen molar-refractivity contribution < 1.29 is 52.9 Å². The van der Waals surface area contributed by atoms with Crippen molar-refractivity contribution in [3.05, 3.63) is 114 Å². The molecule has 3 aromatic carbocycles. The molecule has 302 valence electrons. The summed E-state index contributed by atoms with van der Waals surface area (Å²) >= 11 is 3.11. The summed E-state index contributed by atoms with van der Waals surface area (Å²) in [5, 5.41) is 21.4. The second-order valence-corrected chi connectivity index (χ2v) is 13.5. The number of alkyl halides is 1. The van der Waals surface area contributed by atoms with Crippen LogP contribution in [0.5, 0.6) is 0 Å². The Morgan fingerprint density at radius 3 is 1.82 bits per heavy atom. The average Bonchev–Trinajstić information content (AvgIpc) is 3.52. The minimum Gasteiger partial charge on any atom is -0.465 e. The van der Waals surface area contributed by atoms with Crippen molar-refractivity contribution in [3.63, 3.8) is 0 Å². The Bertz CT molecular complexity index is 2100. The molecule has 1 aliphatic heterocycles. The summed E-state index contributed by atoms with van der Waals surface area (Å²) in [4.78, 5) is 101. The zero-order valence-corrected chi connectivity index (χ0v) is 33.2. The number of ether oxygens (including phenoxy) is 2. The van der Waals surface area contributed by atoms with Gasteiger partial charge in [-0.05, 0) is 56.0 Å². The first-order chi connectivity index (χ1) is 27.0. The van der Waals surface area contributed by atoms with Gasteiger partial charge in [-0.3, -0.25) is 44.2 Å². The second-order valence-electron chi connectivity index (χ2n) is 13.0. The quantitative estimate of drug-likeness (QED) is 0.109. The number of nitro benzene ring substituents is 2. The van der Waals surface area contributed by atoms with Crippen LogP contribution < -0.4 is 5.73 Å². The summed E-state index contributed by atoms with van der Waals surface area (Å²) in [6.07, 6.45) is 1.92. The standard InChI is InChI=1S/C15H15NO3.C9H8BrNO4.C9H9NO4.C6H9NO2/c1-9-3-2-4-11-12(9)8-16(15(11)19)13-6-5-10(17)7-14(13)18;1-15-9(12)6-3-2-4-8(11(13)14)7(6)5-10;1-6-7(9(11)14-2)4-3-5-8(6)10(12)13;7-5-2-1-4(8)3-6(5)9/h2-4,13H,5-8H2,1H3;2-4H,5H2,1H3;3-5H,1-2H3;5H,1-3,7H2. The Kier molecular flexibility index (Phi) is 16.5. The lowest BCUT2D eigenvalue weighted by Gasteiger charge is -2.29. The number of ketones is 4. The molecule has 2 fully saturated rings. The molecular weight excluding hydrogens is 812 g/mol. The number of esters is 2. The van der Waals surface area contributed by atoms with E-state index in [4.69, 9.17) is 5.73 Å². The SMILES string of the molecule is COC(=O)c1cccc([N+](=O)[O-])c1C.COC(=O)c1cccc([N+](=O)[O-])c1CBr.Cc1cccc2c1CN(C1CCC(=O)CC1=O)C2=O.NC1CCC(=O)CC1=O. The van der Waals surface area contributed by atoms with Gasteiger partial charge in [-0.2, -0.15) is 0 Å². The summed E-state index contributed by atoms with van der Waals surface area (Å²) in [6, 6.07) is 13.5. The minimum absolute atomic E-state index is 0.0124. The Morgan fingerprint density at radius 1 is 0.789 bits per heavy atom. The molecule has 0 saturated heterocycles. The number of fused-ring (bicyclic) bond motifs is 1. The van der Waals surface area contributed by atoms with Crippen LogP contribution in [0.4, 0.5) is 11.4 Å². The van der Waals surface area contributed by atoms with Gasteiger partial charge in [0.25, 0.3) is 17.3 Å². The zero-order valence-electron chi connectivity index (χ0n) is 31.6. The number of nitro groups is 2. The van der Waals surface area contributed by atoms with Crippen LogP contribution in [0.15, 0.2) is 54.6 Å². The highest BCUT2D eigenvalue weighted by molar-refractivity contribution is 9.08. The molecule has 3 aromatic rings. The maximum atomic E-state index is 12.4. The van der Waals surface area contributed by atoms with Crippen LogP contribution in [0.25, 0.3) is 0 Å². The van der Waals surface area contributed by atoms with E-state index in [0.29, 0.717) is 48.9 Å². The number of nitrogens with two attached hydrogens (primary N) is 1. The molecule has 3 aliphatic rings. The highest BCUT2D eigenvalue weighted by Gasteiger charge is 2.39. The molecule has 1 amide bonds. The van der Waals surface area contributed by atoms with Crippen molar-refractivity contribution in [1.82, 2.24) is 4.90 Å². The molecule has 2 unspecified atom stereocenters. The van der Waals surface area contributed by atoms with Crippen LogP contribution in [0, 0.1) is 34.1 Å². The number of amides is 1. The molecule has 1 heterocycles. The molecule has 0 bridgehead atoms. The highest BCUT2D eigenvalue weighted by Crippen LogP contribution is 2.31. The van der Waals surface area contributed by atoms with E-state index in [1.165, 1.54) is 57.5 Å². The number of Topliss-reactive ketones (excluding diaryl/α,β-unsaturated/α-hetero) is 4. The van der Waals surface area contributed by atoms with Crippen LogP contribution in [-0.4, -0.2) is 82.0 Å². The predicted molar refractivity (Wildman–Crippen MR) is 207 cm³/mol. The van der Waals surface area contributed by atoms with E-state index in [1.807, 2.05) is 25.1 Å². The van der Waals surface area contributed by atoms with E-state index in [-0.39, 0.29) is 75.8 Å². The fraction of sp³-hybridized carbons (Fsp3) is 0.359. The van der Waals surface area contributed by atoms with Gasteiger partial charge < -0.3 is 20.1 Å². The lowest BCUT2D eigenvalue weighted by molar-refractivity contribution is -0.385. The number of aryl methyl sites for hydroxylation is 1. The van der Waals surface area contributed by atoms with E-state index in [2.05, 4.69) is 25.4 Å². The van der Waals surface area contributed by atoms with Crippen LogP contribution in [0.2, 0.25) is 0 Å². The van der Waals surface area contributed by atoms with Crippen molar-refractivity contribution in [1.29, 1.82) is 0 Å². The minimum atomic E-state index is -0.576. The van der Waals surface area contributed by atoms with Crippen molar-refractivity contribution in [2.45, 2.75) is 76.3 Å². The molecule has 17 nitrogen and oxygen atoms in total. The first kappa shape index (κ1) is 45.4. The third kappa shape index (κ3) is 11.5. The second kappa shape index (κ2) is 20.8. The van der Waals surface area contributed by atoms with Gasteiger partial charge >= 0.3 is 11.9 Å². The summed E-state index contributed by atoms with van der Waals surface area (Å²) in [7, 11) is 2.47. The van der Waals surface area contributed by atoms with Gasteiger partial charge in [0.2, 0.25) is 0 Å². The average molecular weight is 854 g/mol. The normalized spacial score (nSPS) is 17.1. The van der Waals surface area contributed by atoms with Gasteiger partial charge in [-0.1, -0.05) is 40.2 Å². The molecule has 2 atom stereocenters. The van der Waals surface area contributed by atoms with Gasteiger partial charge in [-0.15, -0.1) is 0 Å². The Morgan fingerprint density at radius 2 is 1.32 bits per heavy atom. The Hall–Kier alpha value is -6.01. The highest BCUT2D eigenvalue weighted by atomic mass is 79.9. The van der Waals surface area contributed by atoms with E-state index < -0.39 is 27.8 Å². The first-order valence-corrected chi connectivity index (χ1v) is 18.6. The number of rotatable bonds is 6.